The van der Waals surface area contributed by atoms with Crippen LogP contribution in [0, 0.1) is 0 Å². The molecule has 0 aromatic heterocycles. The molecule has 0 heterocycles. The molecule has 0 spiro atoms. The maximum Gasteiger partial charge on any atom is 0.133 e. The maximum atomic E-state index is 9.77. The van der Waals surface area contributed by atoms with E-state index in [0.717, 1.165) is 6.29 Å². The predicted molar refractivity (Wildman–Crippen MR) is 33.7 cm³/mol. The first kappa shape index (κ1) is 6.76. The Kier molecular flexibility index (Phi) is 3.80. The highest BCUT2D eigenvalue weighted by Gasteiger charge is 1.92. The van der Waals surface area contributed by atoms with Crippen molar-refractivity contribution < 1.29 is 4.79 Å². The standard InChI is InChI=1S/C5H8OS/c1-2-3-5(7)4-6/h2,4-5,7H,1,3H2. The third kappa shape index (κ3) is 3.59. The number of carbonyl (C=O) groups is 1. The molecule has 1 unspecified atom stereocenters. The predicted octanol–water partition coefficient (Wildman–Crippen LogP) is 1.06. The Morgan fingerprint density at radius 3 is 2.57 bits per heavy atom. The smallest absolute Gasteiger partial charge is 0.133 e. The van der Waals surface area contributed by atoms with Crippen molar-refractivity contribution in [3.8, 4) is 0 Å². The minimum Gasteiger partial charge on any atom is -0.302 e. The van der Waals surface area contributed by atoms with Crippen LogP contribution in [-0.2, 0) is 4.79 Å². The average molecular weight is 116 g/mol. The topological polar surface area (TPSA) is 17.1 Å². The molecule has 1 atom stereocenters. The molecule has 0 N–H and O–H groups in total. The van der Waals surface area contributed by atoms with E-state index in [0.29, 0.717) is 6.42 Å². The van der Waals surface area contributed by atoms with Gasteiger partial charge < -0.3 is 4.79 Å². The highest BCUT2D eigenvalue weighted by molar-refractivity contribution is 7.81. The molecule has 0 fully saturated rings. The lowest BCUT2D eigenvalue weighted by Crippen LogP contribution is -1.95. The van der Waals surface area contributed by atoms with Crippen molar-refractivity contribution in [1.29, 1.82) is 0 Å². The minimum absolute atomic E-state index is 0.155. The van der Waals surface area contributed by atoms with Crippen molar-refractivity contribution in [1.82, 2.24) is 0 Å². The Morgan fingerprint density at radius 2 is 2.43 bits per heavy atom. The summed E-state index contributed by atoms with van der Waals surface area (Å²) in [6.07, 6.45) is 3.13. The number of thiol groups is 1. The zero-order valence-electron chi connectivity index (χ0n) is 4.00. The number of allylic oxidation sites excluding steroid dienone is 1. The van der Waals surface area contributed by atoms with Gasteiger partial charge in [-0.15, -0.1) is 6.58 Å². The minimum atomic E-state index is -0.155. The lowest BCUT2D eigenvalue weighted by molar-refractivity contribution is -0.107. The van der Waals surface area contributed by atoms with Crippen LogP contribution in [0.25, 0.3) is 0 Å². The van der Waals surface area contributed by atoms with Gasteiger partial charge in [-0.2, -0.15) is 12.6 Å². The van der Waals surface area contributed by atoms with Gasteiger partial charge in [-0.05, 0) is 6.42 Å². The van der Waals surface area contributed by atoms with E-state index in [9.17, 15) is 4.79 Å². The van der Waals surface area contributed by atoms with Crippen LogP contribution in [0.3, 0.4) is 0 Å². The van der Waals surface area contributed by atoms with E-state index in [2.05, 4.69) is 19.2 Å². The second-order valence-electron chi connectivity index (χ2n) is 1.23. The van der Waals surface area contributed by atoms with Gasteiger partial charge in [-0.1, -0.05) is 6.08 Å². The van der Waals surface area contributed by atoms with E-state index in [1.807, 2.05) is 0 Å². The molecule has 0 radical (unpaired) electrons. The second-order valence-corrected chi connectivity index (χ2v) is 1.89. The zero-order valence-corrected chi connectivity index (χ0v) is 4.90. The zero-order chi connectivity index (χ0) is 5.70. The van der Waals surface area contributed by atoms with Gasteiger partial charge in [0.15, 0.2) is 0 Å². The highest BCUT2D eigenvalue weighted by atomic mass is 32.1. The fourth-order valence-corrected chi connectivity index (χ4v) is 0.375. The molecule has 0 aliphatic rings. The molecule has 2 heteroatoms. The van der Waals surface area contributed by atoms with Crippen LogP contribution in [0.1, 0.15) is 6.42 Å². The van der Waals surface area contributed by atoms with Gasteiger partial charge in [0.2, 0.25) is 0 Å². The molecule has 1 nitrogen and oxygen atoms in total. The van der Waals surface area contributed by atoms with Crippen molar-refractivity contribution in [3.05, 3.63) is 12.7 Å². The fourth-order valence-electron chi connectivity index (χ4n) is 0.226. The first-order valence-corrected chi connectivity index (χ1v) is 2.57. The largest absolute Gasteiger partial charge is 0.302 e. The van der Waals surface area contributed by atoms with Crippen LogP contribution in [0.4, 0.5) is 0 Å². The van der Waals surface area contributed by atoms with Crippen LogP contribution in [0.15, 0.2) is 12.7 Å². The van der Waals surface area contributed by atoms with E-state index < -0.39 is 0 Å². The van der Waals surface area contributed by atoms with E-state index in [-0.39, 0.29) is 5.25 Å². The third-order valence-corrected chi connectivity index (χ3v) is 0.898. The van der Waals surface area contributed by atoms with Crippen LogP contribution < -0.4 is 0 Å². The van der Waals surface area contributed by atoms with E-state index >= 15 is 0 Å². The van der Waals surface area contributed by atoms with Gasteiger partial charge in [0.05, 0.1) is 5.25 Å². The molecular formula is C5H8OS. The fraction of sp³-hybridized carbons (Fsp3) is 0.400. The summed E-state index contributed by atoms with van der Waals surface area (Å²) in [4.78, 5) is 9.77. The third-order valence-electron chi connectivity index (χ3n) is 0.565. The lowest BCUT2D eigenvalue weighted by atomic mass is 10.3. The molecule has 40 valence electrons. The Balaban J connectivity index is 3.15. The van der Waals surface area contributed by atoms with Gasteiger partial charge >= 0.3 is 0 Å². The molecule has 0 amide bonds. The monoisotopic (exact) mass is 116 g/mol. The summed E-state index contributed by atoms with van der Waals surface area (Å²) < 4.78 is 0. The number of rotatable bonds is 3. The van der Waals surface area contributed by atoms with Gasteiger partial charge in [0, 0.05) is 0 Å². The SMILES string of the molecule is C=CCC(S)C=O. The molecule has 7 heavy (non-hydrogen) atoms. The molecule has 0 aromatic rings. The van der Waals surface area contributed by atoms with Crippen LogP contribution in [-0.4, -0.2) is 11.5 Å². The summed E-state index contributed by atoms with van der Waals surface area (Å²) in [5, 5.41) is -0.155. The lowest BCUT2D eigenvalue weighted by Gasteiger charge is -1.90. The Morgan fingerprint density at radius 1 is 1.86 bits per heavy atom. The van der Waals surface area contributed by atoms with Gasteiger partial charge in [0.1, 0.15) is 6.29 Å². The van der Waals surface area contributed by atoms with Crippen molar-refractivity contribution >= 4 is 18.9 Å². The van der Waals surface area contributed by atoms with E-state index in [1.165, 1.54) is 0 Å². The molecule has 0 aliphatic heterocycles. The van der Waals surface area contributed by atoms with Crippen molar-refractivity contribution in [2.45, 2.75) is 11.7 Å². The maximum absolute atomic E-state index is 9.77. The van der Waals surface area contributed by atoms with E-state index in [1.54, 1.807) is 6.08 Å². The summed E-state index contributed by atoms with van der Waals surface area (Å²) in [5.41, 5.74) is 0. The Labute approximate surface area is 48.8 Å². The number of hydrogen-bond donors (Lipinski definition) is 1. The van der Waals surface area contributed by atoms with Crippen molar-refractivity contribution in [2.24, 2.45) is 0 Å². The summed E-state index contributed by atoms with van der Waals surface area (Å²) in [6.45, 7) is 3.44. The first-order valence-electron chi connectivity index (χ1n) is 2.05. The van der Waals surface area contributed by atoms with Crippen LogP contribution in [0.2, 0.25) is 0 Å². The van der Waals surface area contributed by atoms with Crippen molar-refractivity contribution in [3.63, 3.8) is 0 Å². The van der Waals surface area contributed by atoms with Crippen LogP contribution in [0.5, 0.6) is 0 Å². The number of carbonyl (C=O) groups excluding carboxylic acids is 1. The summed E-state index contributed by atoms with van der Waals surface area (Å²) in [5.74, 6) is 0. The van der Waals surface area contributed by atoms with Gasteiger partial charge in [0.25, 0.3) is 0 Å². The van der Waals surface area contributed by atoms with E-state index in [4.69, 9.17) is 0 Å². The molecular weight excluding hydrogens is 108 g/mol. The van der Waals surface area contributed by atoms with Gasteiger partial charge in [-0.25, -0.2) is 0 Å². The first-order chi connectivity index (χ1) is 3.31. The quantitative estimate of drug-likeness (QED) is 0.331. The molecule has 0 saturated carbocycles. The number of hydrogen-bond acceptors (Lipinski definition) is 2. The summed E-state index contributed by atoms with van der Waals surface area (Å²) >= 11 is 3.87. The van der Waals surface area contributed by atoms with Crippen molar-refractivity contribution in [2.75, 3.05) is 0 Å². The average Bonchev–Trinajstić information content (AvgIpc) is 1.68. The molecule has 0 rings (SSSR count). The Bertz CT molecular complexity index is 70.5. The molecule has 0 aromatic carbocycles. The molecule has 0 bridgehead atoms. The summed E-state index contributed by atoms with van der Waals surface area (Å²) in [6, 6.07) is 0. The number of aldehydes is 1. The van der Waals surface area contributed by atoms with Gasteiger partial charge in [-0.3, -0.25) is 0 Å². The normalized spacial score (nSPS) is 12.7. The highest BCUT2D eigenvalue weighted by Crippen LogP contribution is 1.95. The second kappa shape index (κ2) is 3.93. The molecule has 0 aliphatic carbocycles. The Hall–Kier alpha value is -0.240. The molecule has 0 saturated heterocycles. The summed E-state index contributed by atoms with van der Waals surface area (Å²) in [7, 11) is 0. The van der Waals surface area contributed by atoms with Crippen LogP contribution >= 0.6 is 12.6 Å².